The average molecular weight is 677 g/mol. The summed E-state index contributed by atoms with van der Waals surface area (Å²) < 4.78 is 33.1. The summed E-state index contributed by atoms with van der Waals surface area (Å²) in [5, 5.41) is 4.99. The highest BCUT2D eigenvalue weighted by atomic mass is 32.2. The van der Waals surface area contributed by atoms with Crippen molar-refractivity contribution in [3.8, 4) is 11.1 Å². The molecule has 2 aromatic carbocycles. The van der Waals surface area contributed by atoms with Crippen molar-refractivity contribution < 1.29 is 32.3 Å². The minimum absolute atomic E-state index is 0.0527. The Kier molecular flexibility index (Phi) is 10.7. The van der Waals surface area contributed by atoms with Gasteiger partial charge < -0.3 is 15.0 Å². The average Bonchev–Trinajstić information content (AvgIpc) is 4.00. The number of carbonyl (C=O) groups is 4. The first-order valence-corrected chi connectivity index (χ1v) is 18.0. The Hall–Kier alpha value is -4.45. The van der Waals surface area contributed by atoms with E-state index in [2.05, 4.69) is 28.5 Å². The third-order valence-electron chi connectivity index (χ3n) is 9.47. The third-order valence-corrected chi connectivity index (χ3v) is 11.3. The molecule has 3 fully saturated rings. The first kappa shape index (κ1) is 34.9. The number of ether oxygens (including phenoxy) is 1. The van der Waals surface area contributed by atoms with E-state index in [1.165, 1.54) is 6.08 Å². The van der Waals surface area contributed by atoms with Crippen LogP contribution in [0, 0.1) is 17.8 Å². The second kappa shape index (κ2) is 14.8. The van der Waals surface area contributed by atoms with Crippen LogP contribution in [0.1, 0.15) is 51.4 Å². The second-order valence-electron chi connectivity index (χ2n) is 13.0. The van der Waals surface area contributed by atoms with Gasteiger partial charge in [-0.25, -0.2) is 13.2 Å². The number of hydrogen-bond acceptors (Lipinski definition) is 7. The molecule has 0 bridgehead atoms. The highest BCUT2D eigenvalue weighted by Crippen LogP contribution is 2.46. The van der Waals surface area contributed by atoms with Crippen LogP contribution in [-0.4, -0.2) is 67.6 Å². The Balaban J connectivity index is 1.31. The number of para-hydroxylation sites is 1. The standard InChI is InChI=1S/C36H44N4O7S/c1-4-6-7-13-20-40(3)33(42)30-22-26(47-35(44)37-31-17-12-11-16-28(31)24-14-9-8-10-15-24)21-29(30)32(41)38-36(23-25(36)5-2)34(43)39-48(45,46)27-18-19-27/h4-5,8-12,14-17,25-27,29-30H,1-2,6-7,13,18-23H2,3H3,(H,37,44)(H,38,41)(H,39,43). The molecule has 0 heterocycles. The van der Waals surface area contributed by atoms with Gasteiger partial charge >= 0.3 is 6.09 Å². The molecular formula is C36H44N4O7S. The van der Waals surface area contributed by atoms with Gasteiger partial charge in [0.2, 0.25) is 21.8 Å². The maximum Gasteiger partial charge on any atom is 0.411 e. The van der Waals surface area contributed by atoms with Gasteiger partial charge in [-0.3, -0.25) is 24.4 Å². The van der Waals surface area contributed by atoms with Crippen LogP contribution < -0.4 is 15.4 Å². The molecule has 5 atom stereocenters. The van der Waals surface area contributed by atoms with Gasteiger partial charge in [-0.1, -0.05) is 60.7 Å². The molecule has 0 radical (unpaired) electrons. The molecule has 48 heavy (non-hydrogen) atoms. The van der Waals surface area contributed by atoms with Crippen LogP contribution in [0.15, 0.2) is 79.9 Å². The van der Waals surface area contributed by atoms with Gasteiger partial charge in [-0.05, 0) is 63.0 Å². The van der Waals surface area contributed by atoms with Crippen LogP contribution in [-0.2, 0) is 29.1 Å². The number of nitrogens with one attached hydrogen (secondary N) is 3. The lowest BCUT2D eigenvalue weighted by atomic mass is 9.93. The monoisotopic (exact) mass is 676 g/mol. The van der Waals surface area contributed by atoms with Gasteiger partial charge in [0, 0.05) is 25.1 Å². The van der Waals surface area contributed by atoms with Crippen LogP contribution in [0.4, 0.5) is 10.5 Å². The Bertz CT molecular complexity index is 1660. The lowest BCUT2D eigenvalue weighted by Gasteiger charge is -2.26. The largest absolute Gasteiger partial charge is 0.446 e. The SMILES string of the molecule is C=CCCCCN(C)C(=O)C1CC(OC(=O)Nc2ccccc2-c2ccccc2)CC1C(=O)NC1(C(=O)NS(=O)(=O)C2CC2)CC1C=C. The number of amides is 4. The molecule has 5 unspecified atom stereocenters. The predicted molar refractivity (Wildman–Crippen MR) is 183 cm³/mol. The summed E-state index contributed by atoms with van der Waals surface area (Å²) in [7, 11) is -2.17. The fourth-order valence-electron chi connectivity index (χ4n) is 6.46. The maximum atomic E-state index is 13.9. The number of allylic oxidation sites excluding steroid dienone is 1. The van der Waals surface area contributed by atoms with Crippen molar-refractivity contribution in [2.45, 2.75) is 68.3 Å². The topological polar surface area (TPSA) is 151 Å². The zero-order valence-electron chi connectivity index (χ0n) is 27.2. The van der Waals surface area contributed by atoms with E-state index in [9.17, 15) is 27.6 Å². The molecule has 0 aromatic heterocycles. The highest BCUT2D eigenvalue weighted by molar-refractivity contribution is 7.91. The summed E-state index contributed by atoms with van der Waals surface area (Å²) in [4.78, 5) is 55.7. The fourth-order valence-corrected chi connectivity index (χ4v) is 7.83. The summed E-state index contributed by atoms with van der Waals surface area (Å²) >= 11 is 0. The van der Waals surface area contributed by atoms with Crippen LogP contribution in [0.5, 0.6) is 0 Å². The van der Waals surface area contributed by atoms with E-state index in [0.29, 0.717) is 25.1 Å². The molecule has 0 saturated heterocycles. The van der Waals surface area contributed by atoms with E-state index in [4.69, 9.17) is 4.74 Å². The van der Waals surface area contributed by atoms with Crippen molar-refractivity contribution in [3.63, 3.8) is 0 Å². The molecule has 3 saturated carbocycles. The first-order valence-electron chi connectivity index (χ1n) is 16.5. The third kappa shape index (κ3) is 7.98. The lowest BCUT2D eigenvalue weighted by molar-refractivity contribution is -0.140. The molecule has 4 amide bonds. The number of anilines is 1. The molecule has 11 nitrogen and oxygen atoms in total. The van der Waals surface area contributed by atoms with E-state index in [1.54, 1.807) is 24.1 Å². The fraction of sp³-hybridized carbons (Fsp3) is 0.444. The number of nitrogens with zero attached hydrogens (tertiary/aromatic N) is 1. The van der Waals surface area contributed by atoms with Crippen molar-refractivity contribution in [3.05, 3.63) is 79.9 Å². The van der Waals surface area contributed by atoms with Crippen molar-refractivity contribution in [2.75, 3.05) is 18.9 Å². The van der Waals surface area contributed by atoms with Gasteiger partial charge in [0.15, 0.2) is 0 Å². The molecule has 12 heteroatoms. The van der Waals surface area contributed by atoms with Gasteiger partial charge in [0.25, 0.3) is 5.91 Å². The number of unbranched alkanes of at least 4 members (excludes halogenated alkanes) is 2. The zero-order valence-corrected chi connectivity index (χ0v) is 28.0. The smallest absolute Gasteiger partial charge is 0.411 e. The summed E-state index contributed by atoms with van der Waals surface area (Å²) in [6, 6.07) is 16.9. The normalized spacial score (nSPS) is 24.5. The summed E-state index contributed by atoms with van der Waals surface area (Å²) in [5.74, 6) is -3.85. The Morgan fingerprint density at radius 3 is 2.33 bits per heavy atom. The van der Waals surface area contributed by atoms with E-state index in [-0.39, 0.29) is 25.2 Å². The molecule has 5 rings (SSSR count). The number of carbonyl (C=O) groups excluding carboxylic acids is 4. The van der Waals surface area contributed by atoms with Crippen molar-refractivity contribution in [1.29, 1.82) is 0 Å². The molecule has 0 aliphatic heterocycles. The highest BCUT2D eigenvalue weighted by Gasteiger charge is 2.62. The van der Waals surface area contributed by atoms with Crippen LogP contribution >= 0.6 is 0 Å². The van der Waals surface area contributed by atoms with Gasteiger partial charge in [-0.2, -0.15) is 0 Å². The molecule has 256 valence electrons. The van der Waals surface area contributed by atoms with Crippen molar-refractivity contribution in [2.24, 2.45) is 17.8 Å². The van der Waals surface area contributed by atoms with E-state index in [0.717, 1.165) is 30.4 Å². The Morgan fingerprint density at radius 2 is 1.67 bits per heavy atom. The molecular weight excluding hydrogens is 632 g/mol. The van der Waals surface area contributed by atoms with Gasteiger partial charge in [0.1, 0.15) is 11.6 Å². The second-order valence-corrected chi connectivity index (χ2v) is 14.9. The molecule has 3 aliphatic carbocycles. The zero-order chi connectivity index (χ0) is 34.5. The van der Waals surface area contributed by atoms with Crippen molar-refractivity contribution in [1.82, 2.24) is 14.9 Å². The Labute approximate surface area is 282 Å². The minimum Gasteiger partial charge on any atom is -0.446 e. The molecule has 2 aromatic rings. The first-order chi connectivity index (χ1) is 23.0. The Morgan fingerprint density at radius 1 is 0.979 bits per heavy atom. The van der Waals surface area contributed by atoms with Crippen LogP contribution in [0.3, 0.4) is 0 Å². The number of hydrogen-bond donors (Lipinski definition) is 3. The molecule has 3 aliphatic rings. The van der Waals surface area contributed by atoms with Crippen LogP contribution in [0.25, 0.3) is 11.1 Å². The van der Waals surface area contributed by atoms with Gasteiger partial charge in [0.05, 0.1) is 22.8 Å². The summed E-state index contributed by atoms with van der Waals surface area (Å²) in [6.07, 6.45) is 5.59. The summed E-state index contributed by atoms with van der Waals surface area (Å²) in [6.45, 7) is 7.96. The molecule has 0 spiro atoms. The minimum atomic E-state index is -3.85. The predicted octanol–water partition coefficient (Wildman–Crippen LogP) is 4.78. The van der Waals surface area contributed by atoms with E-state index < -0.39 is 62.6 Å². The van der Waals surface area contributed by atoms with E-state index >= 15 is 0 Å². The number of benzene rings is 2. The van der Waals surface area contributed by atoms with Crippen LogP contribution in [0.2, 0.25) is 0 Å². The number of rotatable bonds is 15. The van der Waals surface area contributed by atoms with Crippen molar-refractivity contribution >= 4 is 39.5 Å². The molecule has 3 N–H and O–H groups in total. The lowest BCUT2D eigenvalue weighted by Crippen LogP contribution is -2.54. The van der Waals surface area contributed by atoms with E-state index in [1.807, 2.05) is 48.5 Å². The maximum absolute atomic E-state index is 13.9. The quantitative estimate of drug-likeness (QED) is 0.182. The van der Waals surface area contributed by atoms with Gasteiger partial charge in [-0.15, -0.1) is 13.2 Å². The summed E-state index contributed by atoms with van der Waals surface area (Å²) in [5.41, 5.74) is 0.778. The number of sulfonamides is 1.